The average Bonchev–Trinajstić information content (AvgIpc) is 2.26. The molecule has 1 amide bonds. The second-order valence-corrected chi connectivity index (χ2v) is 4.98. The zero-order valence-electron chi connectivity index (χ0n) is 11.7. The normalized spacial score (nSPS) is 16.6. The molecule has 0 aliphatic rings. The number of nitrogens with zero attached hydrogens (tertiary/aromatic N) is 1. The first kappa shape index (κ1) is 15.4. The molecule has 0 rings (SSSR count). The Bertz CT molecular complexity index is 204. The van der Waals surface area contributed by atoms with Crippen LogP contribution in [0.5, 0.6) is 0 Å². The van der Waals surface area contributed by atoms with Crippen molar-refractivity contribution in [3.8, 4) is 0 Å². The standard InChI is InChI=1S/C13H28N2O/c1-7-10(3)9-12(8-2)14-11(4)13(16)15(5)6/h10-12,14H,7-9H2,1-6H3. The minimum atomic E-state index is -0.0796. The van der Waals surface area contributed by atoms with Crippen LogP contribution in [0.15, 0.2) is 0 Å². The number of carbonyl (C=O) groups excluding carboxylic acids is 1. The fourth-order valence-corrected chi connectivity index (χ4v) is 1.82. The predicted octanol–water partition coefficient (Wildman–Crippen LogP) is 2.27. The van der Waals surface area contributed by atoms with Gasteiger partial charge in [-0.1, -0.05) is 27.2 Å². The molecule has 16 heavy (non-hydrogen) atoms. The molecular weight excluding hydrogens is 200 g/mol. The second-order valence-electron chi connectivity index (χ2n) is 4.98. The molecule has 0 fully saturated rings. The van der Waals surface area contributed by atoms with Gasteiger partial charge in [-0.3, -0.25) is 4.79 Å². The third-order valence-corrected chi connectivity index (χ3v) is 3.17. The van der Waals surface area contributed by atoms with E-state index in [-0.39, 0.29) is 11.9 Å². The third-order valence-electron chi connectivity index (χ3n) is 3.17. The van der Waals surface area contributed by atoms with Crippen LogP contribution in [0.4, 0.5) is 0 Å². The number of hydrogen-bond acceptors (Lipinski definition) is 2. The van der Waals surface area contributed by atoms with E-state index in [2.05, 4.69) is 26.1 Å². The minimum absolute atomic E-state index is 0.0796. The summed E-state index contributed by atoms with van der Waals surface area (Å²) in [6.07, 6.45) is 3.43. The number of amides is 1. The lowest BCUT2D eigenvalue weighted by molar-refractivity contribution is -0.130. The molecule has 0 aromatic heterocycles. The van der Waals surface area contributed by atoms with Gasteiger partial charge < -0.3 is 10.2 Å². The van der Waals surface area contributed by atoms with Crippen molar-refractivity contribution in [2.75, 3.05) is 14.1 Å². The van der Waals surface area contributed by atoms with Gasteiger partial charge in [-0.2, -0.15) is 0 Å². The molecule has 0 saturated heterocycles. The molecule has 3 unspecified atom stereocenters. The molecule has 0 aromatic rings. The maximum atomic E-state index is 11.7. The van der Waals surface area contributed by atoms with Gasteiger partial charge in [0.25, 0.3) is 0 Å². The van der Waals surface area contributed by atoms with Gasteiger partial charge >= 0.3 is 0 Å². The highest BCUT2D eigenvalue weighted by atomic mass is 16.2. The molecule has 0 aromatic carbocycles. The molecule has 96 valence electrons. The van der Waals surface area contributed by atoms with E-state index in [4.69, 9.17) is 0 Å². The van der Waals surface area contributed by atoms with Crippen LogP contribution < -0.4 is 5.32 Å². The van der Waals surface area contributed by atoms with Crippen LogP contribution in [0.1, 0.15) is 47.0 Å². The van der Waals surface area contributed by atoms with Crippen molar-refractivity contribution in [2.45, 2.75) is 59.0 Å². The van der Waals surface area contributed by atoms with Crippen molar-refractivity contribution in [3.05, 3.63) is 0 Å². The summed E-state index contributed by atoms with van der Waals surface area (Å²) in [5.41, 5.74) is 0. The van der Waals surface area contributed by atoms with E-state index in [9.17, 15) is 4.79 Å². The molecule has 0 aliphatic carbocycles. The van der Waals surface area contributed by atoms with Crippen LogP contribution in [-0.4, -0.2) is 37.0 Å². The van der Waals surface area contributed by atoms with Crippen molar-refractivity contribution in [3.63, 3.8) is 0 Å². The van der Waals surface area contributed by atoms with E-state index in [1.54, 1.807) is 19.0 Å². The Morgan fingerprint density at radius 1 is 1.19 bits per heavy atom. The number of nitrogens with one attached hydrogen (secondary N) is 1. The number of rotatable bonds is 7. The summed E-state index contributed by atoms with van der Waals surface area (Å²) in [7, 11) is 3.60. The van der Waals surface area contributed by atoms with Crippen molar-refractivity contribution >= 4 is 5.91 Å². The van der Waals surface area contributed by atoms with Gasteiger partial charge in [0.2, 0.25) is 5.91 Å². The lowest BCUT2D eigenvalue weighted by Crippen LogP contribution is -2.46. The predicted molar refractivity (Wildman–Crippen MR) is 69.4 cm³/mol. The van der Waals surface area contributed by atoms with E-state index < -0.39 is 0 Å². The van der Waals surface area contributed by atoms with E-state index in [1.807, 2.05) is 6.92 Å². The summed E-state index contributed by atoms with van der Waals surface area (Å²) in [6.45, 7) is 8.60. The highest BCUT2D eigenvalue weighted by Crippen LogP contribution is 2.12. The molecule has 0 aliphatic heterocycles. The number of hydrogen-bond donors (Lipinski definition) is 1. The van der Waals surface area contributed by atoms with Gasteiger partial charge in [-0.15, -0.1) is 0 Å². The van der Waals surface area contributed by atoms with Gasteiger partial charge in [0.15, 0.2) is 0 Å². The minimum Gasteiger partial charge on any atom is -0.347 e. The van der Waals surface area contributed by atoms with E-state index >= 15 is 0 Å². The van der Waals surface area contributed by atoms with Crippen molar-refractivity contribution in [1.82, 2.24) is 10.2 Å². The Labute approximate surface area is 101 Å². The van der Waals surface area contributed by atoms with E-state index in [1.165, 1.54) is 6.42 Å². The van der Waals surface area contributed by atoms with Gasteiger partial charge in [-0.25, -0.2) is 0 Å². The van der Waals surface area contributed by atoms with Crippen molar-refractivity contribution in [2.24, 2.45) is 5.92 Å². The van der Waals surface area contributed by atoms with Crippen LogP contribution in [0.25, 0.3) is 0 Å². The molecule has 1 N–H and O–H groups in total. The zero-order valence-corrected chi connectivity index (χ0v) is 11.7. The summed E-state index contributed by atoms with van der Waals surface area (Å²) < 4.78 is 0. The second kappa shape index (κ2) is 7.66. The van der Waals surface area contributed by atoms with Crippen LogP contribution in [0, 0.1) is 5.92 Å². The van der Waals surface area contributed by atoms with Gasteiger partial charge in [0.1, 0.15) is 0 Å². The molecule has 0 bridgehead atoms. The molecule has 0 radical (unpaired) electrons. The number of likely N-dealkylation sites (N-methyl/N-ethyl adjacent to an activating group) is 1. The highest BCUT2D eigenvalue weighted by molar-refractivity contribution is 5.80. The molecule has 3 heteroatoms. The van der Waals surface area contributed by atoms with Gasteiger partial charge in [-0.05, 0) is 25.7 Å². The van der Waals surface area contributed by atoms with Crippen LogP contribution >= 0.6 is 0 Å². The summed E-state index contributed by atoms with van der Waals surface area (Å²) >= 11 is 0. The first-order valence-corrected chi connectivity index (χ1v) is 6.39. The Morgan fingerprint density at radius 2 is 1.75 bits per heavy atom. The lowest BCUT2D eigenvalue weighted by atomic mass is 9.97. The summed E-state index contributed by atoms with van der Waals surface area (Å²) in [6, 6.07) is 0.373. The van der Waals surface area contributed by atoms with Gasteiger partial charge in [0.05, 0.1) is 6.04 Å². The SMILES string of the molecule is CCC(C)CC(CC)NC(C)C(=O)N(C)C. The van der Waals surface area contributed by atoms with Crippen molar-refractivity contribution in [1.29, 1.82) is 0 Å². The summed E-state index contributed by atoms with van der Waals surface area (Å²) in [5, 5.41) is 3.42. The Morgan fingerprint density at radius 3 is 2.12 bits per heavy atom. The van der Waals surface area contributed by atoms with Crippen molar-refractivity contribution < 1.29 is 4.79 Å². The summed E-state index contributed by atoms with van der Waals surface area (Å²) in [5.74, 6) is 0.877. The Balaban J connectivity index is 4.16. The molecular formula is C13H28N2O. The van der Waals surface area contributed by atoms with Crippen LogP contribution in [-0.2, 0) is 4.79 Å². The fraction of sp³-hybridized carbons (Fsp3) is 0.923. The summed E-state index contributed by atoms with van der Waals surface area (Å²) in [4.78, 5) is 13.4. The largest absolute Gasteiger partial charge is 0.347 e. The van der Waals surface area contributed by atoms with Crippen LogP contribution in [0.3, 0.4) is 0 Å². The number of carbonyl (C=O) groups is 1. The first-order valence-electron chi connectivity index (χ1n) is 6.39. The maximum absolute atomic E-state index is 11.7. The van der Waals surface area contributed by atoms with E-state index in [0.717, 1.165) is 18.8 Å². The molecule has 3 nitrogen and oxygen atoms in total. The molecule has 3 atom stereocenters. The maximum Gasteiger partial charge on any atom is 0.238 e. The Kier molecular flexibility index (Phi) is 7.39. The zero-order chi connectivity index (χ0) is 12.7. The first-order chi connectivity index (χ1) is 7.42. The van der Waals surface area contributed by atoms with Gasteiger partial charge in [0, 0.05) is 20.1 Å². The topological polar surface area (TPSA) is 32.3 Å². The Hall–Kier alpha value is -0.570. The quantitative estimate of drug-likeness (QED) is 0.725. The lowest BCUT2D eigenvalue weighted by Gasteiger charge is -2.25. The molecule has 0 heterocycles. The molecule has 0 spiro atoms. The molecule has 0 saturated carbocycles. The monoisotopic (exact) mass is 228 g/mol. The van der Waals surface area contributed by atoms with Crippen LogP contribution in [0.2, 0.25) is 0 Å². The smallest absolute Gasteiger partial charge is 0.238 e. The highest BCUT2D eigenvalue weighted by Gasteiger charge is 2.19. The fourth-order valence-electron chi connectivity index (χ4n) is 1.82. The third kappa shape index (κ3) is 5.50. The average molecular weight is 228 g/mol. The van der Waals surface area contributed by atoms with E-state index in [0.29, 0.717) is 6.04 Å².